The molecule has 5 heteroatoms. The number of hydrogen-bond acceptors (Lipinski definition) is 4. The van der Waals surface area contributed by atoms with Crippen molar-refractivity contribution >= 4 is 11.7 Å². The Labute approximate surface area is 113 Å². The van der Waals surface area contributed by atoms with E-state index in [4.69, 9.17) is 15.6 Å². The van der Waals surface area contributed by atoms with E-state index in [2.05, 4.69) is 5.32 Å². The van der Waals surface area contributed by atoms with Gasteiger partial charge in [0.1, 0.15) is 0 Å². The average molecular weight is 266 g/mol. The van der Waals surface area contributed by atoms with E-state index < -0.39 is 5.97 Å². The van der Waals surface area contributed by atoms with E-state index in [1.165, 1.54) is 0 Å². The minimum absolute atomic E-state index is 0.135. The summed E-state index contributed by atoms with van der Waals surface area (Å²) < 4.78 is 5.17. The number of rotatable bonds is 8. The minimum Gasteiger partial charge on any atom is -0.478 e. The number of aromatic carboxylic acids is 1. The number of carbonyl (C=O) groups is 1. The first-order valence-corrected chi connectivity index (χ1v) is 6.38. The van der Waals surface area contributed by atoms with Crippen molar-refractivity contribution in [1.29, 1.82) is 0 Å². The van der Waals surface area contributed by atoms with Crippen LogP contribution < -0.4 is 11.1 Å². The molecule has 0 aliphatic carbocycles. The highest BCUT2D eigenvalue weighted by Gasteiger charge is 2.11. The third-order valence-corrected chi connectivity index (χ3v) is 2.97. The summed E-state index contributed by atoms with van der Waals surface area (Å²) in [7, 11) is 1.65. The Morgan fingerprint density at radius 3 is 2.84 bits per heavy atom. The van der Waals surface area contributed by atoms with E-state index >= 15 is 0 Å². The Bertz CT molecular complexity index is 421. The molecule has 0 saturated heterocycles. The van der Waals surface area contributed by atoms with E-state index in [9.17, 15) is 4.79 Å². The van der Waals surface area contributed by atoms with Crippen molar-refractivity contribution in [2.75, 3.05) is 25.6 Å². The highest BCUT2D eigenvalue weighted by molar-refractivity contribution is 5.89. The van der Waals surface area contributed by atoms with Crippen molar-refractivity contribution in [3.05, 3.63) is 29.3 Å². The first-order chi connectivity index (χ1) is 9.08. The third-order valence-electron chi connectivity index (χ3n) is 2.97. The molecule has 0 aliphatic rings. The molecule has 1 aromatic carbocycles. The van der Waals surface area contributed by atoms with Gasteiger partial charge in [-0.25, -0.2) is 4.79 Å². The number of nitrogens with two attached hydrogens (primary N) is 1. The lowest BCUT2D eigenvalue weighted by atomic mass is 10.1. The Morgan fingerprint density at radius 2 is 2.26 bits per heavy atom. The predicted octanol–water partition coefficient (Wildman–Crippen LogP) is 1.86. The van der Waals surface area contributed by atoms with Gasteiger partial charge in [-0.1, -0.05) is 6.07 Å². The van der Waals surface area contributed by atoms with Crippen LogP contribution in [-0.4, -0.2) is 37.4 Å². The molecule has 0 aliphatic heterocycles. The summed E-state index contributed by atoms with van der Waals surface area (Å²) in [6.45, 7) is 3.15. The van der Waals surface area contributed by atoms with Crippen molar-refractivity contribution in [3.63, 3.8) is 0 Å². The van der Waals surface area contributed by atoms with E-state index in [0.717, 1.165) is 24.1 Å². The molecule has 0 radical (unpaired) electrons. The molecular weight excluding hydrogens is 244 g/mol. The summed E-state index contributed by atoms with van der Waals surface area (Å²) in [5.41, 5.74) is 7.64. The van der Waals surface area contributed by atoms with Crippen molar-refractivity contribution in [3.8, 4) is 0 Å². The van der Waals surface area contributed by atoms with Crippen LogP contribution >= 0.6 is 0 Å². The van der Waals surface area contributed by atoms with Crippen molar-refractivity contribution in [1.82, 2.24) is 0 Å². The zero-order valence-corrected chi connectivity index (χ0v) is 11.5. The minimum atomic E-state index is -0.923. The molecule has 0 saturated carbocycles. The van der Waals surface area contributed by atoms with Gasteiger partial charge >= 0.3 is 5.97 Å². The first-order valence-electron chi connectivity index (χ1n) is 6.38. The first kappa shape index (κ1) is 15.5. The average Bonchev–Trinajstić information content (AvgIpc) is 2.38. The van der Waals surface area contributed by atoms with Gasteiger partial charge in [0.25, 0.3) is 0 Å². The smallest absolute Gasteiger partial charge is 0.335 e. The summed E-state index contributed by atoms with van der Waals surface area (Å²) >= 11 is 0. The fourth-order valence-corrected chi connectivity index (χ4v) is 1.89. The van der Waals surface area contributed by atoms with Crippen LogP contribution in [0.1, 0.15) is 28.8 Å². The Balaban J connectivity index is 2.81. The number of carboxylic acid groups (broad SMARTS) is 1. The number of nitrogens with one attached hydrogen (secondary N) is 1. The summed E-state index contributed by atoms with van der Waals surface area (Å²) in [6.07, 6.45) is 1.79. The summed E-state index contributed by atoms with van der Waals surface area (Å²) in [4.78, 5) is 11.0. The van der Waals surface area contributed by atoms with Crippen LogP contribution in [0.4, 0.5) is 5.69 Å². The van der Waals surface area contributed by atoms with Gasteiger partial charge in [0.15, 0.2) is 0 Å². The molecule has 0 bridgehead atoms. The van der Waals surface area contributed by atoms with Gasteiger partial charge in [0, 0.05) is 18.8 Å². The summed E-state index contributed by atoms with van der Waals surface area (Å²) in [5.74, 6) is -0.923. The molecule has 0 aromatic heterocycles. The molecule has 0 fully saturated rings. The number of carboxylic acids is 1. The van der Waals surface area contributed by atoms with Crippen molar-refractivity contribution in [2.24, 2.45) is 5.73 Å². The zero-order valence-electron chi connectivity index (χ0n) is 11.5. The Morgan fingerprint density at radius 1 is 1.53 bits per heavy atom. The van der Waals surface area contributed by atoms with Crippen LogP contribution in [0.15, 0.2) is 18.2 Å². The van der Waals surface area contributed by atoms with Gasteiger partial charge in [0.2, 0.25) is 0 Å². The van der Waals surface area contributed by atoms with E-state index in [-0.39, 0.29) is 11.6 Å². The van der Waals surface area contributed by atoms with Gasteiger partial charge in [-0.05, 0) is 44.0 Å². The van der Waals surface area contributed by atoms with Gasteiger partial charge < -0.3 is 20.9 Å². The lowest BCUT2D eigenvalue weighted by Gasteiger charge is -2.20. The fourth-order valence-electron chi connectivity index (χ4n) is 1.89. The standard InChI is InChI=1S/C14H22N2O3/c1-10-5-6-11(14(17)18)8-13(10)16-12(9-19-2)4-3-7-15/h5-6,8,12,16H,3-4,7,9,15H2,1-2H3,(H,17,18). The van der Waals surface area contributed by atoms with Gasteiger partial charge in [0.05, 0.1) is 12.2 Å². The number of benzene rings is 1. The molecule has 4 N–H and O–H groups in total. The maximum absolute atomic E-state index is 11.0. The number of hydrogen-bond donors (Lipinski definition) is 3. The quantitative estimate of drug-likeness (QED) is 0.668. The fraction of sp³-hybridized carbons (Fsp3) is 0.500. The second-order valence-electron chi connectivity index (χ2n) is 4.56. The van der Waals surface area contributed by atoms with Gasteiger partial charge in [-0.15, -0.1) is 0 Å². The predicted molar refractivity (Wildman–Crippen MR) is 75.7 cm³/mol. The third kappa shape index (κ3) is 4.89. The van der Waals surface area contributed by atoms with Gasteiger partial charge in [-0.2, -0.15) is 0 Å². The summed E-state index contributed by atoms with van der Waals surface area (Å²) in [5, 5.41) is 12.3. The summed E-state index contributed by atoms with van der Waals surface area (Å²) in [6, 6.07) is 5.20. The molecule has 1 unspecified atom stereocenters. The highest BCUT2D eigenvalue weighted by Crippen LogP contribution is 2.19. The zero-order chi connectivity index (χ0) is 14.3. The molecular formula is C14H22N2O3. The van der Waals surface area contributed by atoms with E-state index in [1.807, 2.05) is 6.92 Å². The van der Waals surface area contributed by atoms with Crippen LogP contribution in [-0.2, 0) is 4.74 Å². The van der Waals surface area contributed by atoms with E-state index in [1.54, 1.807) is 25.3 Å². The molecule has 106 valence electrons. The molecule has 1 aromatic rings. The monoisotopic (exact) mass is 266 g/mol. The lowest BCUT2D eigenvalue weighted by molar-refractivity contribution is 0.0697. The second kappa shape index (κ2) is 7.76. The van der Waals surface area contributed by atoms with Gasteiger partial charge in [-0.3, -0.25) is 0 Å². The van der Waals surface area contributed by atoms with E-state index in [0.29, 0.717) is 13.2 Å². The molecule has 1 atom stereocenters. The van der Waals surface area contributed by atoms with Crippen LogP contribution in [0.5, 0.6) is 0 Å². The molecule has 5 nitrogen and oxygen atoms in total. The number of methoxy groups -OCH3 is 1. The second-order valence-corrected chi connectivity index (χ2v) is 4.56. The lowest BCUT2D eigenvalue weighted by Crippen LogP contribution is -2.26. The largest absolute Gasteiger partial charge is 0.478 e. The molecule has 0 heterocycles. The number of aryl methyl sites for hydroxylation is 1. The number of anilines is 1. The highest BCUT2D eigenvalue weighted by atomic mass is 16.5. The normalized spacial score (nSPS) is 12.2. The maximum atomic E-state index is 11.0. The van der Waals surface area contributed by atoms with Crippen LogP contribution in [0.3, 0.4) is 0 Å². The maximum Gasteiger partial charge on any atom is 0.335 e. The topological polar surface area (TPSA) is 84.6 Å². The number of ether oxygens (including phenoxy) is 1. The molecule has 0 amide bonds. The Hall–Kier alpha value is -1.59. The molecule has 0 spiro atoms. The van der Waals surface area contributed by atoms with Crippen LogP contribution in [0.25, 0.3) is 0 Å². The Kier molecular flexibility index (Phi) is 6.32. The molecule has 19 heavy (non-hydrogen) atoms. The molecule has 1 rings (SSSR count). The van der Waals surface area contributed by atoms with Crippen LogP contribution in [0, 0.1) is 6.92 Å². The van der Waals surface area contributed by atoms with Crippen molar-refractivity contribution in [2.45, 2.75) is 25.8 Å². The SMILES string of the molecule is COCC(CCCN)Nc1cc(C(=O)O)ccc1C. The van der Waals surface area contributed by atoms with Crippen molar-refractivity contribution < 1.29 is 14.6 Å². The van der Waals surface area contributed by atoms with Crippen LogP contribution in [0.2, 0.25) is 0 Å².